The second kappa shape index (κ2) is 19.6. The van der Waals surface area contributed by atoms with Gasteiger partial charge in [0.25, 0.3) is 0 Å². The third-order valence-electron chi connectivity index (χ3n) is 7.75. The fourth-order valence-electron chi connectivity index (χ4n) is 5.07. The van der Waals surface area contributed by atoms with Gasteiger partial charge in [0.05, 0.1) is 16.7 Å². The standard InChI is InChI=1S/C36H50O8/c1-5-8-11-14-21-27(37)30-32(36(42)43-24-26-20-18-17-19-25(26)4)31(28(38)22-15-12-9-6-2)35(34(41)33(30)40)44-29(39)23-16-13-10-7-3/h17-20,40-41H,5-16,21-24H2,1-4H3. The van der Waals surface area contributed by atoms with Gasteiger partial charge in [-0.1, -0.05) is 103 Å². The van der Waals surface area contributed by atoms with Gasteiger partial charge in [0.2, 0.25) is 5.75 Å². The van der Waals surface area contributed by atoms with Crippen molar-refractivity contribution in [2.75, 3.05) is 0 Å². The van der Waals surface area contributed by atoms with E-state index in [1.165, 1.54) is 0 Å². The SMILES string of the molecule is CCCCCCC(=O)Oc1c(O)c(O)c(C(=O)CCCCCC)c(C(=O)OCc2ccccc2C)c1C(=O)CCCCCC. The lowest BCUT2D eigenvalue weighted by molar-refractivity contribution is -0.134. The van der Waals surface area contributed by atoms with Gasteiger partial charge in [-0.25, -0.2) is 4.79 Å². The second-order valence-electron chi connectivity index (χ2n) is 11.4. The Morgan fingerprint density at radius 2 is 1.16 bits per heavy atom. The van der Waals surface area contributed by atoms with E-state index in [0.717, 1.165) is 68.9 Å². The average molecular weight is 611 g/mol. The van der Waals surface area contributed by atoms with Gasteiger partial charge in [0.1, 0.15) is 6.61 Å². The highest BCUT2D eigenvalue weighted by molar-refractivity contribution is 6.17. The fraction of sp³-hybridized carbons (Fsp3) is 0.556. The first-order valence-corrected chi connectivity index (χ1v) is 16.3. The van der Waals surface area contributed by atoms with Gasteiger partial charge in [-0.15, -0.1) is 0 Å². The molecule has 0 spiro atoms. The molecule has 0 unspecified atom stereocenters. The van der Waals surface area contributed by atoms with Crippen molar-refractivity contribution in [3.63, 3.8) is 0 Å². The van der Waals surface area contributed by atoms with Crippen LogP contribution < -0.4 is 4.74 Å². The third-order valence-corrected chi connectivity index (χ3v) is 7.75. The molecule has 2 aromatic rings. The maximum Gasteiger partial charge on any atom is 0.340 e. The molecule has 0 amide bonds. The highest BCUT2D eigenvalue weighted by Crippen LogP contribution is 2.46. The predicted molar refractivity (Wildman–Crippen MR) is 171 cm³/mol. The molecule has 0 fully saturated rings. The van der Waals surface area contributed by atoms with Crippen molar-refractivity contribution in [3.05, 3.63) is 52.1 Å². The number of carbonyl (C=O) groups is 4. The van der Waals surface area contributed by atoms with Crippen molar-refractivity contribution in [2.45, 2.75) is 131 Å². The third kappa shape index (κ3) is 10.8. The van der Waals surface area contributed by atoms with Crippen LogP contribution in [0.2, 0.25) is 0 Å². The van der Waals surface area contributed by atoms with E-state index >= 15 is 0 Å². The summed E-state index contributed by atoms with van der Waals surface area (Å²) in [5.41, 5.74) is 0.260. The number of phenols is 2. The van der Waals surface area contributed by atoms with E-state index in [1.54, 1.807) is 12.1 Å². The number of phenolic OH excluding ortho intramolecular Hbond substituents is 2. The van der Waals surface area contributed by atoms with Crippen LogP contribution in [0.5, 0.6) is 17.2 Å². The Bertz CT molecular complexity index is 1260. The molecule has 242 valence electrons. The molecule has 0 heterocycles. The van der Waals surface area contributed by atoms with Crippen LogP contribution in [0.3, 0.4) is 0 Å². The lowest BCUT2D eigenvalue weighted by Gasteiger charge is -2.20. The number of aryl methyl sites for hydroxylation is 1. The molecule has 0 aliphatic rings. The van der Waals surface area contributed by atoms with Gasteiger partial charge in [-0.05, 0) is 37.3 Å². The fourth-order valence-corrected chi connectivity index (χ4v) is 5.07. The molecule has 2 aromatic carbocycles. The van der Waals surface area contributed by atoms with Crippen molar-refractivity contribution in [1.29, 1.82) is 0 Å². The largest absolute Gasteiger partial charge is 0.504 e. The topological polar surface area (TPSA) is 127 Å². The highest BCUT2D eigenvalue weighted by Gasteiger charge is 2.36. The summed E-state index contributed by atoms with van der Waals surface area (Å²) < 4.78 is 11.2. The Kier molecular flexibility index (Phi) is 16.2. The van der Waals surface area contributed by atoms with E-state index in [-0.39, 0.29) is 25.9 Å². The number of ketones is 2. The normalized spacial score (nSPS) is 10.9. The minimum Gasteiger partial charge on any atom is -0.504 e. The molecule has 0 aromatic heterocycles. The zero-order chi connectivity index (χ0) is 32.5. The maximum absolute atomic E-state index is 13.8. The summed E-state index contributed by atoms with van der Waals surface area (Å²) in [6, 6.07) is 7.32. The Labute approximate surface area is 262 Å². The second-order valence-corrected chi connectivity index (χ2v) is 11.4. The number of benzene rings is 2. The van der Waals surface area contributed by atoms with Crippen molar-refractivity contribution in [2.24, 2.45) is 0 Å². The van der Waals surface area contributed by atoms with Crippen molar-refractivity contribution < 1.29 is 38.9 Å². The Morgan fingerprint density at radius 1 is 0.636 bits per heavy atom. The van der Waals surface area contributed by atoms with Crippen LogP contribution in [-0.4, -0.2) is 33.7 Å². The molecule has 0 atom stereocenters. The van der Waals surface area contributed by atoms with Crippen molar-refractivity contribution >= 4 is 23.5 Å². The van der Waals surface area contributed by atoms with E-state index < -0.39 is 57.4 Å². The van der Waals surface area contributed by atoms with E-state index in [4.69, 9.17) is 9.47 Å². The molecule has 0 aliphatic heterocycles. The first-order valence-electron chi connectivity index (χ1n) is 16.3. The molecular weight excluding hydrogens is 560 g/mol. The molecule has 0 saturated carbocycles. The first-order chi connectivity index (χ1) is 21.2. The number of esters is 2. The summed E-state index contributed by atoms with van der Waals surface area (Å²) >= 11 is 0. The number of carbonyl (C=O) groups excluding carboxylic acids is 4. The zero-order valence-corrected chi connectivity index (χ0v) is 27.0. The molecule has 8 heteroatoms. The smallest absolute Gasteiger partial charge is 0.340 e. The Morgan fingerprint density at radius 3 is 1.70 bits per heavy atom. The molecule has 8 nitrogen and oxygen atoms in total. The van der Waals surface area contributed by atoms with Crippen LogP contribution in [0.4, 0.5) is 0 Å². The average Bonchev–Trinajstić information content (AvgIpc) is 3.01. The molecule has 0 bridgehead atoms. The highest BCUT2D eigenvalue weighted by atomic mass is 16.5. The van der Waals surface area contributed by atoms with E-state index in [1.807, 2.05) is 39.8 Å². The van der Waals surface area contributed by atoms with Crippen LogP contribution in [0, 0.1) is 6.92 Å². The lowest BCUT2D eigenvalue weighted by Crippen LogP contribution is -2.21. The molecule has 2 rings (SSSR count). The van der Waals surface area contributed by atoms with Crippen LogP contribution in [0.25, 0.3) is 0 Å². The molecule has 0 radical (unpaired) electrons. The lowest BCUT2D eigenvalue weighted by atomic mass is 9.89. The molecule has 0 saturated heterocycles. The Hall–Kier alpha value is -3.68. The van der Waals surface area contributed by atoms with Gasteiger partial charge < -0.3 is 19.7 Å². The summed E-state index contributed by atoms with van der Waals surface area (Å²) in [4.78, 5) is 54.0. The summed E-state index contributed by atoms with van der Waals surface area (Å²) in [5.74, 6) is -5.32. The van der Waals surface area contributed by atoms with Crippen LogP contribution in [-0.2, 0) is 16.1 Å². The monoisotopic (exact) mass is 610 g/mol. The molecule has 0 aliphatic carbocycles. The van der Waals surface area contributed by atoms with Gasteiger partial charge in [-0.2, -0.15) is 0 Å². The summed E-state index contributed by atoms with van der Waals surface area (Å²) in [7, 11) is 0. The summed E-state index contributed by atoms with van der Waals surface area (Å²) in [6.45, 7) is 7.84. The van der Waals surface area contributed by atoms with E-state index in [0.29, 0.717) is 19.3 Å². The van der Waals surface area contributed by atoms with E-state index in [2.05, 4.69) is 0 Å². The summed E-state index contributed by atoms with van der Waals surface area (Å²) in [5, 5.41) is 22.2. The number of unbranched alkanes of at least 4 members (excludes halogenated alkanes) is 9. The number of Topliss-reactive ketones (excluding diaryl/α,β-unsaturated/α-hetero) is 2. The molecule has 2 N–H and O–H groups in total. The number of hydrogen-bond acceptors (Lipinski definition) is 8. The van der Waals surface area contributed by atoms with Gasteiger partial charge in [-0.3, -0.25) is 14.4 Å². The maximum atomic E-state index is 13.8. The van der Waals surface area contributed by atoms with Crippen LogP contribution in [0.15, 0.2) is 24.3 Å². The summed E-state index contributed by atoms with van der Waals surface area (Å²) in [6.07, 6.45) is 9.49. The zero-order valence-electron chi connectivity index (χ0n) is 27.0. The molecular formula is C36H50O8. The van der Waals surface area contributed by atoms with Crippen molar-refractivity contribution in [3.8, 4) is 17.2 Å². The minimum atomic E-state index is -1.02. The number of aromatic hydroxyl groups is 2. The van der Waals surface area contributed by atoms with Crippen LogP contribution >= 0.6 is 0 Å². The first kappa shape index (κ1) is 36.5. The Balaban J connectivity index is 2.66. The number of hydrogen-bond donors (Lipinski definition) is 2. The van der Waals surface area contributed by atoms with Crippen LogP contribution in [0.1, 0.15) is 159 Å². The molecule has 44 heavy (non-hydrogen) atoms. The quantitative estimate of drug-likeness (QED) is 0.0471. The van der Waals surface area contributed by atoms with Gasteiger partial charge >= 0.3 is 11.9 Å². The minimum absolute atomic E-state index is 0.00648. The predicted octanol–water partition coefficient (Wildman–Crippen LogP) is 8.95. The van der Waals surface area contributed by atoms with Crippen molar-refractivity contribution in [1.82, 2.24) is 0 Å². The van der Waals surface area contributed by atoms with E-state index in [9.17, 15) is 29.4 Å². The van der Waals surface area contributed by atoms with Gasteiger partial charge in [0, 0.05) is 19.3 Å². The van der Waals surface area contributed by atoms with Gasteiger partial charge in [0.15, 0.2) is 23.1 Å². The number of rotatable bonds is 21. The number of ether oxygens (including phenoxy) is 2.